The molecule has 3 rings (SSSR count). The highest BCUT2D eigenvalue weighted by Gasteiger charge is 2.08. The van der Waals surface area contributed by atoms with E-state index in [-0.39, 0.29) is 0 Å². The Morgan fingerprint density at radius 2 is 2.17 bits per heavy atom. The molecule has 0 nitrogen and oxygen atoms in total. The Hall–Kier alpha value is -1.08. The largest absolute Gasteiger partial charge is 0.144 e. The fourth-order valence-electron chi connectivity index (χ4n) is 1.79. The SMILES string of the molecule is C1=Cc2c(ccc3sccc23)C1. The first-order valence-corrected chi connectivity index (χ1v) is 4.99. The predicted molar refractivity (Wildman–Crippen MR) is 54.6 cm³/mol. The molecule has 1 aromatic heterocycles. The summed E-state index contributed by atoms with van der Waals surface area (Å²) in [4.78, 5) is 0. The van der Waals surface area contributed by atoms with Crippen LogP contribution in [0, 0.1) is 0 Å². The summed E-state index contributed by atoms with van der Waals surface area (Å²) in [5, 5.41) is 3.59. The third kappa shape index (κ3) is 0.718. The van der Waals surface area contributed by atoms with Crippen molar-refractivity contribution >= 4 is 27.5 Å². The molecular formula is C11H8S. The summed E-state index contributed by atoms with van der Waals surface area (Å²) in [5.41, 5.74) is 2.91. The summed E-state index contributed by atoms with van der Waals surface area (Å²) in [5.74, 6) is 0. The van der Waals surface area contributed by atoms with Crippen LogP contribution in [0.15, 0.2) is 29.7 Å². The fourth-order valence-corrected chi connectivity index (χ4v) is 2.59. The third-order valence-corrected chi connectivity index (χ3v) is 3.27. The minimum absolute atomic E-state index is 1.11. The Bertz CT molecular complexity index is 463. The minimum Gasteiger partial charge on any atom is -0.144 e. The number of fused-ring (bicyclic) bond motifs is 3. The normalized spacial score (nSPS) is 14.0. The molecule has 12 heavy (non-hydrogen) atoms. The van der Waals surface area contributed by atoms with Crippen molar-refractivity contribution < 1.29 is 0 Å². The van der Waals surface area contributed by atoms with Crippen LogP contribution in [0.2, 0.25) is 0 Å². The van der Waals surface area contributed by atoms with Crippen molar-refractivity contribution in [3.63, 3.8) is 0 Å². The van der Waals surface area contributed by atoms with E-state index in [1.807, 2.05) is 11.3 Å². The highest BCUT2D eigenvalue weighted by Crippen LogP contribution is 2.31. The van der Waals surface area contributed by atoms with Gasteiger partial charge in [0.15, 0.2) is 0 Å². The molecule has 58 valence electrons. The van der Waals surface area contributed by atoms with Crippen molar-refractivity contribution in [2.75, 3.05) is 0 Å². The third-order valence-electron chi connectivity index (χ3n) is 2.39. The average Bonchev–Trinajstić information content (AvgIpc) is 2.71. The molecule has 0 atom stereocenters. The van der Waals surface area contributed by atoms with Crippen molar-refractivity contribution in [2.45, 2.75) is 6.42 Å². The van der Waals surface area contributed by atoms with Gasteiger partial charge in [-0.1, -0.05) is 18.2 Å². The van der Waals surface area contributed by atoms with Crippen LogP contribution in [0.4, 0.5) is 0 Å². The quantitative estimate of drug-likeness (QED) is 0.570. The van der Waals surface area contributed by atoms with Gasteiger partial charge < -0.3 is 0 Å². The van der Waals surface area contributed by atoms with Crippen LogP contribution in [0.1, 0.15) is 11.1 Å². The number of hydrogen-bond acceptors (Lipinski definition) is 1. The lowest BCUT2D eigenvalue weighted by atomic mass is 10.1. The van der Waals surface area contributed by atoms with Gasteiger partial charge in [-0.3, -0.25) is 0 Å². The molecule has 1 heteroatoms. The van der Waals surface area contributed by atoms with Gasteiger partial charge in [0.05, 0.1) is 0 Å². The van der Waals surface area contributed by atoms with Crippen LogP contribution in [0.25, 0.3) is 16.2 Å². The van der Waals surface area contributed by atoms with Gasteiger partial charge in [0, 0.05) is 4.70 Å². The Morgan fingerprint density at radius 3 is 3.17 bits per heavy atom. The van der Waals surface area contributed by atoms with Gasteiger partial charge in [-0.2, -0.15) is 0 Å². The highest BCUT2D eigenvalue weighted by atomic mass is 32.1. The molecule has 0 saturated carbocycles. The lowest BCUT2D eigenvalue weighted by Gasteiger charge is -1.98. The van der Waals surface area contributed by atoms with E-state index in [1.54, 1.807) is 0 Å². The van der Waals surface area contributed by atoms with E-state index < -0.39 is 0 Å². The topological polar surface area (TPSA) is 0 Å². The standard InChI is InChI=1S/C11H8S/c1-2-8-4-5-11-10(6-7-12-11)9(8)3-1/h1,3-7H,2H2. The summed E-state index contributed by atoms with van der Waals surface area (Å²) in [6.07, 6.45) is 5.59. The summed E-state index contributed by atoms with van der Waals surface area (Å²) in [6, 6.07) is 6.69. The molecule has 0 fully saturated rings. The first-order chi connectivity index (χ1) is 5.95. The van der Waals surface area contributed by atoms with Crippen molar-refractivity contribution in [1.29, 1.82) is 0 Å². The minimum atomic E-state index is 1.11. The maximum atomic E-state index is 2.24. The van der Waals surface area contributed by atoms with Crippen LogP contribution in [-0.2, 0) is 6.42 Å². The van der Waals surface area contributed by atoms with E-state index in [0.29, 0.717) is 0 Å². The monoisotopic (exact) mass is 172 g/mol. The van der Waals surface area contributed by atoms with Crippen LogP contribution < -0.4 is 0 Å². The fraction of sp³-hybridized carbons (Fsp3) is 0.0909. The summed E-state index contributed by atoms with van der Waals surface area (Å²) in [6.45, 7) is 0. The number of hydrogen-bond donors (Lipinski definition) is 0. The van der Waals surface area contributed by atoms with Gasteiger partial charge in [-0.05, 0) is 40.4 Å². The van der Waals surface area contributed by atoms with Gasteiger partial charge in [-0.25, -0.2) is 0 Å². The van der Waals surface area contributed by atoms with Gasteiger partial charge in [0.25, 0.3) is 0 Å². The van der Waals surface area contributed by atoms with Gasteiger partial charge in [0.1, 0.15) is 0 Å². The molecule has 0 saturated heterocycles. The molecule has 0 amide bonds. The van der Waals surface area contributed by atoms with E-state index in [9.17, 15) is 0 Å². The van der Waals surface area contributed by atoms with Crippen LogP contribution in [0.3, 0.4) is 0 Å². The van der Waals surface area contributed by atoms with Crippen molar-refractivity contribution in [1.82, 2.24) is 0 Å². The zero-order valence-corrected chi connectivity index (χ0v) is 7.40. The van der Waals surface area contributed by atoms with Crippen molar-refractivity contribution in [3.05, 3.63) is 40.8 Å². The van der Waals surface area contributed by atoms with Gasteiger partial charge in [0.2, 0.25) is 0 Å². The lowest BCUT2D eigenvalue weighted by molar-refractivity contribution is 1.33. The van der Waals surface area contributed by atoms with E-state index in [0.717, 1.165) is 6.42 Å². The maximum Gasteiger partial charge on any atom is 0.0348 e. The number of allylic oxidation sites excluding steroid dienone is 1. The first kappa shape index (κ1) is 6.44. The van der Waals surface area contributed by atoms with E-state index in [1.165, 1.54) is 21.2 Å². The Kier molecular flexibility index (Phi) is 1.18. The van der Waals surface area contributed by atoms with Crippen molar-refractivity contribution in [2.24, 2.45) is 0 Å². The molecule has 1 aliphatic carbocycles. The maximum absolute atomic E-state index is 2.24. The Morgan fingerprint density at radius 1 is 1.17 bits per heavy atom. The van der Waals surface area contributed by atoms with E-state index in [4.69, 9.17) is 0 Å². The van der Waals surface area contributed by atoms with E-state index in [2.05, 4.69) is 35.7 Å². The zero-order valence-electron chi connectivity index (χ0n) is 6.58. The molecular weight excluding hydrogens is 164 g/mol. The van der Waals surface area contributed by atoms with Gasteiger partial charge >= 0.3 is 0 Å². The first-order valence-electron chi connectivity index (χ1n) is 4.11. The molecule has 0 radical (unpaired) electrons. The summed E-state index contributed by atoms with van der Waals surface area (Å²) >= 11 is 1.82. The van der Waals surface area contributed by atoms with Crippen molar-refractivity contribution in [3.8, 4) is 0 Å². The Balaban J connectivity index is 2.52. The average molecular weight is 172 g/mol. The predicted octanol–water partition coefficient (Wildman–Crippen LogP) is 3.47. The second kappa shape index (κ2) is 2.20. The zero-order chi connectivity index (χ0) is 7.97. The number of benzene rings is 1. The number of thiophene rings is 1. The summed E-state index contributed by atoms with van der Waals surface area (Å²) in [7, 11) is 0. The highest BCUT2D eigenvalue weighted by molar-refractivity contribution is 7.17. The van der Waals surface area contributed by atoms with Crippen LogP contribution in [-0.4, -0.2) is 0 Å². The molecule has 0 unspecified atom stereocenters. The molecule has 0 aliphatic heterocycles. The molecule has 1 aliphatic rings. The summed E-state index contributed by atoms with van der Waals surface area (Å²) < 4.78 is 1.40. The lowest BCUT2D eigenvalue weighted by Crippen LogP contribution is -1.79. The second-order valence-electron chi connectivity index (χ2n) is 3.08. The molecule has 2 aromatic rings. The number of rotatable bonds is 0. The Labute approximate surface area is 75.2 Å². The molecule has 0 bridgehead atoms. The second-order valence-corrected chi connectivity index (χ2v) is 4.02. The molecule has 0 N–H and O–H groups in total. The van der Waals surface area contributed by atoms with Crippen LogP contribution >= 0.6 is 11.3 Å². The molecule has 1 aromatic carbocycles. The van der Waals surface area contributed by atoms with Gasteiger partial charge in [-0.15, -0.1) is 11.3 Å². The van der Waals surface area contributed by atoms with Crippen LogP contribution in [0.5, 0.6) is 0 Å². The smallest absolute Gasteiger partial charge is 0.0348 e. The molecule has 0 spiro atoms. The molecule has 1 heterocycles. The van der Waals surface area contributed by atoms with E-state index >= 15 is 0 Å².